The average Bonchev–Trinajstić information content (AvgIpc) is 3.24. The summed E-state index contributed by atoms with van der Waals surface area (Å²) >= 11 is 0. The van der Waals surface area contributed by atoms with E-state index in [4.69, 9.17) is 18.2 Å². The minimum absolute atomic E-state index is 0.0881. The minimum Gasteiger partial charge on any atom is -0.756 e. The van der Waals surface area contributed by atoms with Gasteiger partial charge >= 0.3 is 0 Å². The van der Waals surface area contributed by atoms with E-state index in [0.29, 0.717) is 29.8 Å². The van der Waals surface area contributed by atoms with Crippen LogP contribution in [0.2, 0.25) is 0 Å². The van der Waals surface area contributed by atoms with E-state index in [-0.39, 0.29) is 13.2 Å². The fourth-order valence-corrected chi connectivity index (χ4v) is 4.47. The molecule has 7 nitrogen and oxygen atoms in total. The zero-order valence-corrected chi connectivity index (χ0v) is 23.8. The highest BCUT2D eigenvalue weighted by Crippen LogP contribution is 2.39. The highest BCUT2D eigenvalue weighted by molar-refractivity contribution is 7.45. The smallest absolute Gasteiger partial charge is 0.268 e. The van der Waals surface area contributed by atoms with Gasteiger partial charge in [0.15, 0.2) is 0 Å². The Bertz CT molecular complexity index is 673. The number of hydrogen-bond donors (Lipinski definition) is 0. The van der Waals surface area contributed by atoms with Gasteiger partial charge in [-0.2, -0.15) is 0 Å². The van der Waals surface area contributed by atoms with Gasteiger partial charge in [0, 0.05) is 17.7 Å². The van der Waals surface area contributed by atoms with Gasteiger partial charge < -0.3 is 27.6 Å². The molecule has 0 N–H and O–H groups in total. The van der Waals surface area contributed by atoms with Crippen LogP contribution in [-0.2, 0) is 31.6 Å². The van der Waals surface area contributed by atoms with E-state index >= 15 is 0 Å². The number of hydrogen-bond acceptors (Lipinski definition) is 6. The normalized spacial score (nSPS) is 13.9. The molecule has 1 unspecified atom stereocenters. The van der Waals surface area contributed by atoms with Gasteiger partial charge in [0.2, 0.25) is 0 Å². The van der Waals surface area contributed by atoms with Crippen LogP contribution in [0, 0.1) is 0 Å². The second-order valence-electron chi connectivity index (χ2n) is 10.6. The Kier molecular flexibility index (Phi) is 17.9. The summed E-state index contributed by atoms with van der Waals surface area (Å²) in [6.45, 7) is 3.89. The van der Waals surface area contributed by atoms with Crippen LogP contribution in [0.3, 0.4) is 0 Å². The van der Waals surface area contributed by atoms with Crippen LogP contribution in [0.5, 0.6) is 0 Å². The molecule has 0 aliphatic rings. The van der Waals surface area contributed by atoms with Crippen molar-refractivity contribution in [3.8, 4) is 0 Å². The van der Waals surface area contributed by atoms with Crippen LogP contribution in [0.25, 0.3) is 0 Å². The summed E-state index contributed by atoms with van der Waals surface area (Å²) in [5, 5.41) is 0. The molecule has 8 heteroatoms. The summed E-state index contributed by atoms with van der Waals surface area (Å²) in [4.78, 5) is 12.0. The van der Waals surface area contributed by atoms with E-state index in [1.165, 1.54) is 89.7 Å². The van der Waals surface area contributed by atoms with Crippen molar-refractivity contribution in [3.05, 3.63) is 23.7 Å². The summed E-state index contributed by atoms with van der Waals surface area (Å²) in [7, 11) is 1.56. The lowest BCUT2D eigenvalue weighted by Gasteiger charge is -2.27. The number of phosphoric ester groups is 1. The summed E-state index contributed by atoms with van der Waals surface area (Å²) < 4.78 is 33.5. The number of quaternary nitrogens is 1. The Labute approximate surface area is 214 Å². The molecule has 0 spiro atoms. The van der Waals surface area contributed by atoms with Crippen molar-refractivity contribution in [2.75, 3.05) is 40.9 Å². The molecule has 0 fully saturated rings. The van der Waals surface area contributed by atoms with Crippen LogP contribution in [-0.4, -0.2) is 45.4 Å². The highest BCUT2D eigenvalue weighted by atomic mass is 31.2. The van der Waals surface area contributed by atoms with Gasteiger partial charge in [-0.05, 0) is 6.42 Å². The number of ether oxygens (including phenoxy) is 1. The topological polar surface area (TPSA) is 81.0 Å². The van der Waals surface area contributed by atoms with E-state index in [9.17, 15) is 9.46 Å². The molecule has 206 valence electrons. The third-order valence-electron chi connectivity index (χ3n) is 6.12. The zero-order valence-electron chi connectivity index (χ0n) is 22.9. The highest BCUT2D eigenvalue weighted by Gasteiger charge is 2.15. The lowest BCUT2D eigenvalue weighted by Crippen LogP contribution is -2.37. The second kappa shape index (κ2) is 19.4. The molecule has 1 aromatic heterocycles. The lowest BCUT2D eigenvalue weighted by molar-refractivity contribution is -0.870. The van der Waals surface area contributed by atoms with Gasteiger partial charge in [0.1, 0.15) is 13.2 Å². The summed E-state index contributed by atoms with van der Waals surface area (Å²) in [6, 6.07) is 0. The summed E-state index contributed by atoms with van der Waals surface area (Å²) in [5.41, 5.74) is 1.47. The van der Waals surface area contributed by atoms with E-state index < -0.39 is 7.82 Å². The monoisotopic (exact) mass is 517 g/mol. The van der Waals surface area contributed by atoms with Crippen molar-refractivity contribution in [2.24, 2.45) is 0 Å². The molecule has 0 saturated heterocycles. The summed E-state index contributed by atoms with van der Waals surface area (Å²) in [5.74, 6) is 0. The van der Waals surface area contributed by atoms with Crippen LogP contribution in [0.1, 0.15) is 108 Å². The van der Waals surface area contributed by atoms with Crippen LogP contribution >= 0.6 is 7.82 Å². The van der Waals surface area contributed by atoms with Gasteiger partial charge in [0.25, 0.3) is 7.82 Å². The Hall–Kier alpha value is -0.690. The molecule has 35 heavy (non-hydrogen) atoms. The predicted molar refractivity (Wildman–Crippen MR) is 140 cm³/mol. The lowest BCUT2D eigenvalue weighted by atomic mass is 10.0. The zero-order chi connectivity index (χ0) is 25.8. The van der Waals surface area contributed by atoms with Gasteiger partial charge in [0.05, 0.1) is 46.9 Å². The van der Waals surface area contributed by atoms with Crippen molar-refractivity contribution in [2.45, 2.75) is 110 Å². The molecule has 0 aliphatic carbocycles. The first-order valence-corrected chi connectivity index (χ1v) is 15.2. The molecule has 0 bridgehead atoms. The number of rotatable bonds is 24. The van der Waals surface area contributed by atoms with Gasteiger partial charge in [-0.25, -0.2) is 0 Å². The number of furan rings is 1. The molecule has 0 saturated carbocycles. The molecule has 1 heterocycles. The van der Waals surface area contributed by atoms with Crippen molar-refractivity contribution >= 4 is 7.82 Å². The van der Waals surface area contributed by atoms with Crippen molar-refractivity contribution in [3.63, 3.8) is 0 Å². The maximum absolute atomic E-state index is 12.0. The fraction of sp³-hybridized carbons (Fsp3) is 0.852. The maximum atomic E-state index is 12.0. The Morgan fingerprint density at radius 2 is 1.23 bits per heavy atom. The third-order valence-corrected chi connectivity index (χ3v) is 7.07. The second-order valence-corrected chi connectivity index (χ2v) is 12.0. The van der Waals surface area contributed by atoms with E-state index in [2.05, 4.69) is 6.92 Å². The Balaban J connectivity index is 2.01. The SMILES string of the molecule is CCCCCCCCCCCCCCCCOCc1cocc1COP(=O)([O-])OCC[N+](C)(C)C. The molecule has 1 atom stereocenters. The molecule has 0 aliphatic heterocycles. The standard InChI is InChI=1S/C27H52NO6P/c1-5-6-7-8-9-10-11-12-13-14-15-16-17-18-20-31-22-26-23-32-24-27(26)25-34-35(29,30)33-21-19-28(2,3)4/h23-24H,5-22,25H2,1-4H3. The number of unbranched alkanes of at least 4 members (excludes halogenated alkanes) is 13. The molecule has 1 aromatic rings. The van der Waals surface area contributed by atoms with Crippen molar-refractivity contribution in [1.29, 1.82) is 0 Å². The van der Waals surface area contributed by atoms with E-state index in [1.807, 2.05) is 21.1 Å². The maximum Gasteiger partial charge on any atom is 0.268 e. The van der Waals surface area contributed by atoms with Crippen LogP contribution in [0.4, 0.5) is 0 Å². The molecule has 0 radical (unpaired) electrons. The van der Waals surface area contributed by atoms with E-state index in [1.54, 1.807) is 6.26 Å². The first-order valence-electron chi connectivity index (χ1n) is 13.8. The quantitative estimate of drug-likeness (QED) is 0.0835. The number of phosphoric acid groups is 1. The van der Waals surface area contributed by atoms with Crippen LogP contribution < -0.4 is 4.89 Å². The minimum atomic E-state index is -4.35. The van der Waals surface area contributed by atoms with Crippen LogP contribution in [0.15, 0.2) is 16.9 Å². The van der Waals surface area contributed by atoms with Gasteiger partial charge in [-0.3, -0.25) is 4.57 Å². The summed E-state index contributed by atoms with van der Waals surface area (Å²) in [6.07, 6.45) is 21.7. The molecular formula is C27H52NO6P. The molecular weight excluding hydrogens is 465 g/mol. The number of nitrogens with zero attached hydrogens (tertiary/aromatic N) is 1. The predicted octanol–water partition coefficient (Wildman–Crippen LogP) is 6.99. The Morgan fingerprint density at radius 3 is 1.74 bits per heavy atom. The number of likely N-dealkylation sites (N-methyl/N-ethyl adjacent to an activating group) is 1. The van der Waals surface area contributed by atoms with Gasteiger partial charge in [-0.15, -0.1) is 0 Å². The molecule has 1 rings (SSSR count). The first kappa shape index (κ1) is 32.3. The fourth-order valence-electron chi connectivity index (χ4n) is 3.80. The molecule has 0 amide bonds. The largest absolute Gasteiger partial charge is 0.756 e. The van der Waals surface area contributed by atoms with Crippen molar-refractivity contribution in [1.82, 2.24) is 0 Å². The van der Waals surface area contributed by atoms with Gasteiger partial charge in [-0.1, -0.05) is 90.4 Å². The average molecular weight is 518 g/mol. The molecule has 0 aromatic carbocycles. The Morgan fingerprint density at radius 1 is 0.743 bits per heavy atom. The first-order chi connectivity index (χ1) is 16.7. The van der Waals surface area contributed by atoms with Crippen molar-refractivity contribution < 1.29 is 32.1 Å². The third kappa shape index (κ3) is 19.1. The van der Waals surface area contributed by atoms with E-state index in [0.717, 1.165) is 12.0 Å².